The molecule has 0 spiro atoms. The fourth-order valence-electron chi connectivity index (χ4n) is 3.41. The van der Waals surface area contributed by atoms with E-state index in [2.05, 4.69) is 10.6 Å². The lowest BCUT2D eigenvalue weighted by molar-refractivity contribution is -0.127. The molecule has 0 unspecified atom stereocenters. The monoisotopic (exact) mass is 423 g/mol. The van der Waals surface area contributed by atoms with E-state index in [1.54, 1.807) is 36.4 Å². The molecular formula is C23H25N3O3S. The summed E-state index contributed by atoms with van der Waals surface area (Å²) in [5.41, 5.74) is 1.61. The number of likely N-dealkylation sites (tertiary alicyclic amines) is 1. The molecule has 1 heterocycles. The van der Waals surface area contributed by atoms with Gasteiger partial charge < -0.3 is 15.5 Å². The van der Waals surface area contributed by atoms with Gasteiger partial charge in [-0.15, -0.1) is 11.8 Å². The van der Waals surface area contributed by atoms with Crippen LogP contribution in [0.2, 0.25) is 0 Å². The number of hydrogen-bond acceptors (Lipinski definition) is 4. The largest absolute Gasteiger partial charge is 0.349 e. The Hall–Kier alpha value is -2.80. The number of hydrogen-bond donors (Lipinski definition) is 2. The van der Waals surface area contributed by atoms with Crippen molar-refractivity contribution in [3.63, 3.8) is 0 Å². The minimum Gasteiger partial charge on any atom is -0.349 e. The summed E-state index contributed by atoms with van der Waals surface area (Å²) in [5.74, 6) is 0.0553. The van der Waals surface area contributed by atoms with Crippen LogP contribution in [0.15, 0.2) is 53.4 Å². The summed E-state index contributed by atoms with van der Waals surface area (Å²) in [5, 5.41) is 5.83. The molecule has 4 rings (SSSR count). The molecule has 2 aromatic carbocycles. The van der Waals surface area contributed by atoms with Crippen LogP contribution < -0.4 is 10.6 Å². The highest BCUT2D eigenvalue weighted by Crippen LogP contribution is 2.25. The van der Waals surface area contributed by atoms with Crippen LogP contribution in [-0.2, 0) is 4.79 Å². The Morgan fingerprint density at radius 2 is 1.73 bits per heavy atom. The smallest absolute Gasteiger partial charge is 0.256 e. The lowest BCUT2D eigenvalue weighted by Gasteiger charge is -2.15. The van der Waals surface area contributed by atoms with Crippen LogP contribution in [0.3, 0.4) is 0 Å². The van der Waals surface area contributed by atoms with E-state index in [-0.39, 0.29) is 23.8 Å². The first kappa shape index (κ1) is 20.5. The maximum atomic E-state index is 12.9. The molecule has 7 heteroatoms. The SMILES string of the molecule is O=C(NC1CC1)c1cccc(NC(=O)c2ccccc2SCC(=O)N2CCCC2)c1. The van der Waals surface area contributed by atoms with E-state index >= 15 is 0 Å². The second-order valence-corrected chi connectivity index (χ2v) is 8.67. The van der Waals surface area contributed by atoms with Crippen molar-refractivity contribution in [1.29, 1.82) is 0 Å². The third-order valence-corrected chi connectivity index (χ3v) is 6.30. The second-order valence-electron chi connectivity index (χ2n) is 7.66. The molecule has 2 fully saturated rings. The van der Waals surface area contributed by atoms with Crippen molar-refractivity contribution in [2.75, 3.05) is 24.2 Å². The zero-order chi connectivity index (χ0) is 20.9. The van der Waals surface area contributed by atoms with Gasteiger partial charge in [0.25, 0.3) is 11.8 Å². The molecule has 2 N–H and O–H groups in total. The number of amides is 3. The lowest BCUT2D eigenvalue weighted by atomic mass is 10.1. The lowest BCUT2D eigenvalue weighted by Crippen LogP contribution is -2.29. The highest BCUT2D eigenvalue weighted by molar-refractivity contribution is 8.00. The van der Waals surface area contributed by atoms with Gasteiger partial charge in [0.05, 0.1) is 11.3 Å². The van der Waals surface area contributed by atoms with Gasteiger partial charge in [-0.25, -0.2) is 0 Å². The van der Waals surface area contributed by atoms with Crippen LogP contribution in [0.1, 0.15) is 46.4 Å². The Kier molecular flexibility index (Phi) is 6.38. The minimum atomic E-state index is -0.258. The summed E-state index contributed by atoms with van der Waals surface area (Å²) >= 11 is 1.39. The number of anilines is 1. The minimum absolute atomic E-state index is 0.113. The van der Waals surface area contributed by atoms with Crippen LogP contribution >= 0.6 is 11.8 Å². The first-order chi connectivity index (χ1) is 14.6. The van der Waals surface area contributed by atoms with Crippen molar-refractivity contribution >= 4 is 35.2 Å². The van der Waals surface area contributed by atoms with Crippen LogP contribution in [0, 0.1) is 0 Å². The van der Waals surface area contributed by atoms with E-state index in [9.17, 15) is 14.4 Å². The van der Waals surface area contributed by atoms with Gasteiger partial charge in [0.15, 0.2) is 0 Å². The van der Waals surface area contributed by atoms with E-state index in [1.165, 1.54) is 11.8 Å². The number of rotatable bonds is 7. The van der Waals surface area contributed by atoms with Crippen molar-refractivity contribution in [3.8, 4) is 0 Å². The molecule has 1 aliphatic heterocycles. The summed E-state index contributed by atoms with van der Waals surface area (Å²) in [6.45, 7) is 1.65. The van der Waals surface area contributed by atoms with E-state index in [0.717, 1.165) is 43.7 Å². The Morgan fingerprint density at radius 1 is 0.967 bits per heavy atom. The van der Waals surface area contributed by atoms with Gasteiger partial charge in [-0.3, -0.25) is 14.4 Å². The van der Waals surface area contributed by atoms with E-state index in [0.29, 0.717) is 22.6 Å². The number of benzene rings is 2. The standard InChI is InChI=1S/C23H25N3O3S/c27-21(26-12-3-4-13-26)15-30-20-9-2-1-8-19(20)23(29)25-18-7-5-6-16(14-18)22(28)24-17-10-11-17/h1-2,5-9,14,17H,3-4,10-13,15H2,(H,24,28)(H,25,29). The first-order valence-corrected chi connectivity index (χ1v) is 11.3. The molecule has 0 aromatic heterocycles. The molecule has 6 nitrogen and oxygen atoms in total. The van der Waals surface area contributed by atoms with Crippen LogP contribution in [0.25, 0.3) is 0 Å². The molecule has 1 saturated carbocycles. The van der Waals surface area contributed by atoms with Crippen molar-refractivity contribution < 1.29 is 14.4 Å². The van der Waals surface area contributed by atoms with Crippen LogP contribution in [-0.4, -0.2) is 47.5 Å². The summed E-state index contributed by atoms with van der Waals surface area (Å²) in [6.07, 6.45) is 4.17. The van der Waals surface area contributed by atoms with Gasteiger partial charge >= 0.3 is 0 Å². The van der Waals surface area contributed by atoms with Crippen molar-refractivity contribution in [2.24, 2.45) is 0 Å². The molecule has 30 heavy (non-hydrogen) atoms. The quantitative estimate of drug-likeness (QED) is 0.668. The summed E-state index contributed by atoms with van der Waals surface area (Å²) < 4.78 is 0. The molecule has 1 aliphatic carbocycles. The predicted molar refractivity (Wildman–Crippen MR) is 118 cm³/mol. The Labute approximate surface area is 180 Å². The molecular weight excluding hydrogens is 398 g/mol. The zero-order valence-electron chi connectivity index (χ0n) is 16.7. The molecule has 156 valence electrons. The average molecular weight is 424 g/mol. The Morgan fingerprint density at radius 3 is 2.50 bits per heavy atom. The fourth-order valence-corrected chi connectivity index (χ4v) is 4.36. The summed E-state index contributed by atoms with van der Waals surface area (Å²) in [7, 11) is 0. The van der Waals surface area contributed by atoms with E-state index in [1.807, 2.05) is 17.0 Å². The zero-order valence-corrected chi connectivity index (χ0v) is 17.5. The van der Waals surface area contributed by atoms with Crippen molar-refractivity contribution in [3.05, 3.63) is 59.7 Å². The summed E-state index contributed by atoms with van der Waals surface area (Å²) in [4.78, 5) is 40.1. The Bertz CT molecular complexity index is 952. The fraction of sp³-hybridized carbons (Fsp3) is 0.348. The van der Waals surface area contributed by atoms with Gasteiger partial charge in [0.1, 0.15) is 0 Å². The number of carbonyl (C=O) groups is 3. The van der Waals surface area contributed by atoms with Gasteiger partial charge in [-0.1, -0.05) is 18.2 Å². The summed E-state index contributed by atoms with van der Waals surface area (Å²) in [6, 6.07) is 14.5. The molecule has 1 saturated heterocycles. The Balaban J connectivity index is 1.41. The number of thioether (sulfide) groups is 1. The molecule has 2 aromatic rings. The van der Waals surface area contributed by atoms with Gasteiger partial charge in [-0.05, 0) is 56.0 Å². The molecule has 3 amide bonds. The second kappa shape index (κ2) is 9.34. The first-order valence-electron chi connectivity index (χ1n) is 10.3. The maximum absolute atomic E-state index is 12.9. The van der Waals surface area contributed by atoms with Crippen LogP contribution in [0.5, 0.6) is 0 Å². The highest BCUT2D eigenvalue weighted by Gasteiger charge is 2.24. The van der Waals surface area contributed by atoms with Gasteiger partial charge in [0.2, 0.25) is 5.91 Å². The average Bonchev–Trinajstić information content (AvgIpc) is 3.40. The topological polar surface area (TPSA) is 78.5 Å². The third kappa shape index (κ3) is 5.21. The maximum Gasteiger partial charge on any atom is 0.256 e. The van der Waals surface area contributed by atoms with Gasteiger partial charge in [-0.2, -0.15) is 0 Å². The molecule has 0 bridgehead atoms. The highest BCUT2D eigenvalue weighted by atomic mass is 32.2. The normalized spacial score (nSPS) is 15.7. The third-order valence-electron chi connectivity index (χ3n) is 5.24. The van der Waals surface area contributed by atoms with E-state index in [4.69, 9.17) is 0 Å². The van der Waals surface area contributed by atoms with Crippen LogP contribution in [0.4, 0.5) is 5.69 Å². The molecule has 2 aliphatic rings. The molecule has 0 radical (unpaired) electrons. The van der Waals surface area contributed by atoms with E-state index < -0.39 is 0 Å². The predicted octanol–water partition coefficient (Wildman–Crippen LogP) is 3.55. The number of carbonyl (C=O) groups excluding carboxylic acids is 3. The van der Waals surface area contributed by atoms with Gasteiger partial charge in [0, 0.05) is 35.3 Å². The molecule has 0 atom stereocenters. The van der Waals surface area contributed by atoms with Crippen molar-refractivity contribution in [2.45, 2.75) is 36.6 Å². The number of nitrogens with one attached hydrogen (secondary N) is 2. The van der Waals surface area contributed by atoms with Crippen molar-refractivity contribution in [1.82, 2.24) is 10.2 Å². The number of nitrogens with zero attached hydrogens (tertiary/aromatic N) is 1.